The standard InChI is InChI=1S/C27H38ClFN6O4/c1-6-7-12-34(23(36)15-28)27(10-13-33(14-11-27)25(38)39-26(3,4)5)24(37)32-19(2)20-8-9-22(30-16-20)35-18-21(29)17-31-35/h8-9,16-19H,6-7,10-15H2,1-5H3,(H,32,37)/t19-/m0/s1. The van der Waals surface area contributed by atoms with Crippen LogP contribution in [0.2, 0.25) is 0 Å². The first kappa shape index (κ1) is 30.3. The molecule has 0 spiro atoms. The Bertz CT molecular complexity index is 1140. The van der Waals surface area contributed by atoms with Crippen LogP contribution in [0.4, 0.5) is 9.18 Å². The van der Waals surface area contributed by atoms with Crippen LogP contribution in [0.1, 0.15) is 71.9 Å². The van der Waals surface area contributed by atoms with Gasteiger partial charge in [0.25, 0.3) is 0 Å². The molecule has 0 aliphatic carbocycles. The number of rotatable bonds is 9. The van der Waals surface area contributed by atoms with Gasteiger partial charge >= 0.3 is 6.09 Å². The van der Waals surface area contributed by atoms with E-state index in [2.05, 4.69) is 15.4 Å². The molecule has 0 unspecified atom stereocenters. The SMILES string of the molecule is CCCCN(C(=O)CCl)C1(C(=O)N[C@@H](C)c2ccc(-n3cc(F)cn3)nc2)CCN(C(=O)OC(C)(C)C)CC1. The highest BCUT2D eigenvalue weighted by molar-refractivity contribution is 6.27. The summed E-state index contributed by atoms with van der Waals surface area (Å²) in [5.74, 6) is -0.916. The molecule has 214 valence electrons. The summed E-state index contributed by atoms with van der Waals surface area (Å²) in [6.45, 7) is 10.1. The van der Waals surface area contributed by atoms with E-state index in [1.807, 2.05) is 13.8 Å². The molecule has 1 saturated heterocycles. The normalized spacial score (nSPS) is 15.9. The van der Waals surface area contributed by atoms with Crippen LogP contribution >= 0.6 is 11.6 Å². The number of nitrogens with zero attached hydrogens (tertiary/aromatic N) is 5. The molecule has 3 heterocycles. The van der Waals surface area contributed by atoms with Crippen LogP contribution in [-0.4, -0.2) is 79.1 Å². The number of nitrogens with one attached hydrogen (secondary N) is 1. The molecule has 2 aromatic rings. The minimum atomic E-state index is -1.17. The van der Waals surface area contributed by atoms with Crippen LogP contribution in [0.5, 0.6) is 0 Å². The van der Waals surface area contributed by atoms with E-state index in [1.54, 1.807) is 48.9 Å². The van der Waals surface area contributed by atoms with Gasteiger partial charge in [0.1, 0.15) is 17.0 Å². The lowest BCUT2D eigenvalue weighted by Gasteiger charge is -2.47. The van der Waals surface area contributed by atoms with Gasteiger partial charge < -0.3 is 19.9 Å². The van der Waals surface area contributed by atoms with Crippen LogP contribution in [0.25, 0.3) is 5.82 Å². The third-order valence-electron chi connectivity index (χ3n) is 6.74. The Morgan fingerprint density at radius 2 is 1.92 bits per heavy atom. The van der Waals surface area contributed by atoms with Crippen molar-refractivity contribution in [3.05, 3.63) is 42.1 Å². The first-order valence-corrected chi connectivity index (χ1v) is 13.8. The van der Waals surface area contributed by atoms with E-state index >= 15 is 0 Å². The highest BCUT2D eigenvalue weighted by atomic mass is 35.5. The third-order valence-corrected chi connectivity index (χ3v) is 6.97. The Labute approximate surface area is 233 Å². The number of unbranched alkanes of at least 4 members (excludes halogenated alkanes) is 1. The van der Waals surface area contributed by atoms with Crippen LogP contribution in [0.3, 0.4) is 0 Å². The summed E-state index contributed by atoms with van der Waals surface area (Å²) < 4.78 is 20.2. The summed E-state index contributed by atoms with van der Waals surface area (Å²) >= 11 is 5.99. The highest BCUT2D eigenvalue weighted by Crippen LogP contribution is 2.32. The number of hydrogen-bond donors (Lipinski definition) is 1. The molecule has 1 N–H and O–H groups in total. The Balaban J connectivity index is 1.82. The number of hydrogen-bond acceptors (Lipinski definition) is 6. The van der Waals surface area contributed by atoms with Crippen molar-refractivity contribution in [2.75, 3.05) is 25.5 Å². The lowest BCUT2D eigenvalue weighted by molar-refractivity contribution is -0.150. The fraction of sp³-hybridized carbons (Fsp3) is 0.593. The smallest absolute Gasteiger partial charge is 0.410 e. The van der Waals surface area contributed by atoms with Gasteiger partial charge in [-0.25, -0.2) is 18.9 Å². The van der Waals surface area contributed by atoms with Gasteiger partial charge in [-0.1, -0.05) is 19.4 Å². The summed E-state index contributed by atoms with van der Waals surface area (Å²) in [5.41, 5.74) is -1.09. The van der Waals surface area contributed by atoms with Crippen LogP contribution in [-0.2, 0) is 14.3 Å². The number of alkyl halides is 1. The number of aromatic nitrogens is 3. The number of piperidine rings is 1. The minimum Gasteiger partial charge on any atom is -0.444 e. The van der Waals surface area contributed by atoms with Crippen molar-refractivity contribution in [1.29, 1.82) is 0 Å². The monoisotopic (exact) mass is 564 g/mol. The molecule has 39 heavy (non-hydrogen) atoms. The fourth-order valence-electron chi connectivity index (χ4n) is 4.60. The number of ether oxygens (including phenoxy) is 1. The molecule has 10 nitrogen and oxygen atoms in total. The van der Waals surface area contributed by atoms with Crippen molar-refractivity contribution < 1.29 is 23.5 Å². The number of carbonyl (C=O) groups excluding carboxylic acids is 3. The molecule has 1 aliphatic heterocycles. The van der Waals surface area contributed by atoms with E-state index in [1.165, 1.54) is 10.9 Å². The molecule has 0 aromatic carbocycles. The van der Waals surface area contributed by atoms with E-state index < -0.39 is 29.1 Å². The molecule has 12 heteroatoms. The van der Waals surface area contributed by atoms with E-state index in [4.69, 9.17) is 16.3 Å². The van der Waals surface area contributed by atoms with Crippen molar-refractivity contribution in [1.82, 2.24) is 29.9 Å². The predicted octanol–water partition coefficient (Wildman–Crippen LogP) is 4.22. The molecule has 3 rings (SSSR count). The molecular formula is C27H38ClFN6O4. The Morgan fingerprint density at radius 1 is 1.23 bits per heavy atom. The van der Waals surface area contributed by atoms with Crippen LogP contribution in [0.15, 0.2) is 30.7 Å². The molecule has 0 bridgehead atoms. The number of likely N-dealkylation sites (tertiary alicyclic amines) is 1. The number of amides is 3. The maximum absolute atomic E-state index is 14.0. The maximum atomic E-state index is 14.0. The molecule has 1 atom stereocenters. The Morgan fingerprint density at radius 3 is 2.44 bits per heavy atom. The molecule has 2 aromatic heterocycles. The first-order chi connectivity index (χ1) is 18.4. The van der Waals surface area contributed by atoms with Crippen LogP contribution in [0, 0.1) is 5.82 Å². The maximum Gasteiger partial charge on any atom is 0.410 e. The van der Waals surface area contributed by atoms with Gasteiger partial charge in [0.15, 0.2) is 11.6 Å². The van der Waals surface area contributed by atoms with Crippen molar-refractivity contribution in [2.24, 2.45) is 0 Å². The zero-order valence-electron chi connectivity index (χ0n) is 23.2. The molecular weight excluding hydrogens is 527 g/mol. The van der Waals surface area contributed by atoms with Gasteiger partial charge in [0, 0.05) is 25.8 Å². The first-order valence-electron chi connectivity index (χ1n) is 13.2. The number of halogens is 2. The lowest BCUT2D eigenvalue weighted by Crippen LogP contribution is -2.65. The van der Waals surface area contributed by atoms with Crippen molar-refractivity contribution >= 4 is 29.5 Å². The average Bonchev–Trinajstić information content (AvgIpc) is 3.34. The van der Waals surface area contributed by atoms with Gasteiger partial charge in [0.05, 0.1) is 18.4 Å². The lowest BCUT2D eigenvalue weighted by atomic mass is 9.83. The van der Waals surface area contributed by atoms with Gasteiger partial charge in [-0.3, -0.25) is 9.59 Å². The number of pyridine rings is 1. The molecule has 0 saturated carbocycles. The van der Waals surface area contributed by atoms with Gasteiger partial charge in [-0.2, -0.15) is 5.10 Å². The summed E-state index contributed by atoms with van der Waals surface area (Å²) in [6.07, 6.45) is 5.51. The van der Waals surface area contributed by atoms with E-state index in [0.29, 0.717) is 18.8 Å². The Kier molecular flexibility index (Phi) is 9.93. The minimum absolute atomic E-state index is 0.247. The van der Waals surface area contributed by atoms with E-state index in [0.717, 1.165) is 18.2 Å². The molecule has 0 radical (unpaired) electrons. The van der Waals surface area contributed by atoms with E-state index in [9.17, 15) is 18.8 Å². The largest absolute Gasteiger partial charge is 0.444 e. The van der Waals surface area contributed by atoms with Gasteiger partial charge in [0.2, 0.25) is 11.8 Å². The summed E-state index contributed by atoms with van der Waals surface area (Å²) in [6, 6.07) is 3.03. The van der Waals surface area contributed by atoms with Crippen molar-refractivity contribution in [3.8, 4) is 5.82 Å². The second-order valence-electron chi connectivity index (χ2n) is 10.8. The zero-order valence-corrected chi connectivity index (χ0v) is 24.0. The quantitative estimate of drug-likeness (QED) is 0.457. The van der Waals surface area contributed by atoms with Gasteiger partial charge in [-0.15, -0.1) is 11.6 Å². The van der Waals surface area contributed by atoms with Crippen molar-refractivity contribution in [2.45, 2.75) is 77.5 Å². The van der Waals surface area contributed by atoms with Crippen LogP contribution < -0.4 is 5.32 Å². The third kappa shape index (κ3) is 7.46. The summed E-state index contributed by atoms with van der Waals surface area (Å²) in [5, 5.41) is 6.97. The molecule has 1 aliphatic rings. The highest BCUT2D eigenvalue weighted by Gasteiger charge is 2.49. The average molecular weight is 565 g/mol. The zero-order chi connectivity index (χ0) is 28.8. The second-order valence-corrected chi connectivity index (χ2v) is 11.0. The Hall–Kier alpha value is -3.21. The molecule has 3 amide bonds. The second kappa shape index (κ2) is 12.8. The predicted molar refractivity (Wildman–Crippen MR) is 145 cm³/mol. The fourth-order valence-corrected chi connectivity index (χ4v) is 4.74. The van der Waals surface area contributed by atoms with E-state index in [-0.39, 0.29) is 43.6 Å². The molecule has 1 fully saturated rings. The number of carbonyl (C=O) groups is 3. The van der Waals surface area contributed by atoms with Gasteiger partial charge in [-0.05, 0) is 58.6 Å². The summed E-state index contributed by atoms with van der Waals surface area (Å²) in [7, 11) is 0. The topological polar surface area (TPSA) is 110 Å². The van der Waals surface area contributed by atoms with Crippen molar-refractivity contribution in [3.63, 3.8) is 0 Å². The summed E-state index contributed by atoms with van der Waals surface area (Å²) in [4.78, 5) is 47.2.